The second kappa shape index (κ2) is 5.79. The van der Waals surface area contributed by atoms with E-state index in [-0.39, 0.29) is 5.91 Å². The van der Waals surface area contributed by atoms with Gasteiger partial charge >= 0.3 is 0 Å². The number of imidazole rings is 1. The SMILES string of the molecule is Cc1ccccc1CNC(=O)Cc1ccc2nc[nH]c2c1. The first kappa shape index (κ1) is 13.4. The van der Waals surface area contributed by atoms with Crippen LogP contribution in [-0.4, -0.2) is 15.9 Å². The number of hydrogen-bond donors (Lipinski definition) is 2. The van der Waals surface area contributed by atoms with E-state index in [0.717, 1.165) is 22.2 Å². The molecule has 0 aliphatic rings. The summed E-state index contributed by atoms with van der Waals surface area (Å²) in [5, 5.41) is 2.97. The van der Waals surface area contributed by atoms with Crippen LogP contribution in [0.25, 0.3) is 11.0 Å². The molecule has 1 amide bonds. The number of amides is 1. The van der Waals surface area contributed by atoms with Gasteiger partial charge in [0.25, 0.3) is 0 Å². The number of benzene rings is 2. The van der Waals surface area contributed by atoms with E-state index < -0.39 is 0 Å². The van der Waals surface area contributed by atoms with Crippen LogP contribution in [0.3, 0.4) is 0 Å². The molecule has 2 N–H and O–H groups in total. The Hall–Kier alpha value is -2.62. The van der Waals surface area contributed by atoms with E-state index in [0.29, 0.717) is 13.0 Å². The zero-order chi connectivity index (χ0) is 14.7. The maximum Gasteiger partial charge on any atom is 0.224 e. The summed E-state index contributed by atoms with van der Waals surface area (Å²) in [6, 6.07) is 13.9. The molecule has 0 unspecified atom stereocenters. The molecule has 3 rings (SSSR count). The molecule has 0 radical (unpaired) electrons. The zero-order valence-corrected chi connectivity index (χ0v) is 11.9. The summed E-state index contributed by atoms with van der Waals surface area (Å²) in [5.41, 5.74) is 5.19. The summed E-state index contributed by atoms with van der Waals surface area (Å²) in [7, 11) is 0. The van der Waals surface area contributed by atoms with Gasteiger partial charge in [-0.05, 0) is 35.7 Å². The van der Waals surface area contributed by atoms with Gasteiger partial charge in [-0.15, -0.1) is 0 Å². The standard InChI is InChI=1S/C17H17N3O/c1-12-4-2-3-5-14(12)10-18-17(21)9-13-6-7-15-16(8-13)20-11-19-15/h2-8,11H,9-10H2,1H3,(H,18,21)(H,19,20). The van der Waals surface area contributed by atoms with Gasteiger partial charge in [-0.1, -0.05) is 30.3 Å². The predicted molar refractivity (Wildman–Crippen MR) is 82.8 cm³/mol. The molecule has 0 fully saturated rings. The third-order valence-electron chi connectivity index (χ3n) is 3.59. The maximum atomic E-state index is 12.0. The first-order chi connectivity index (χ1) is 10.2. The lowest BCUT2D eigenvalue weighted by atomic mass is 10.1. The first-order valence-electron chi connectivity index (χ1n) is 6.95. The molecule has 4 heteroatoms. The van der Waals surface area contributed by atoms with E-state index in [2.05, 4.69) is 15.3 Å². The lowest BCUT2D eigenvalue weighted by Crippen LogP contribution is -2.24. The van der Waals surface area contributed by atoms with Crippen LogP contribution in [0.1, 0.15) is 16.7 Å². The van der Waals surface area contributed by atoms with Crippen LogP contribution in [0.2, 0.25) is 0 Å². The molecule has 4 nitrogen and oxygen atoms in total. The fourth-order valence-electron chi connectivity index (χ4n) is 2.34. The van der Waals surface area contributed by atoms with Gasteiger partial charge in [0.05, 0.1) is 23.8 Å². The lowest BCUT2D eigenvalue weighted by Gasteiger charge is -2.08. The Balaban J connectivity index is 1.62. The summed E-state index contributed by atoms with van der Waals surface area (Å²) < 4.78 is 0. The summed E-state index contributed by atoms with van der Waals surface area (Å²) in [6.07, 6.45) is 2.04. The van der Waals surface area contributed by atoms with Crippen LogP contribution in [0.15, 0.2) is 48.8 Å². The number of nitrogens with zero attached hydrogens (tertiary/aromatic N) is 1. The van der Waals surface area contributed by atoms with Crippen molar-refractivity contribution < 1.29 is 4.79 Å². The van der Waals surface area contributed by atoms with Crippen molar-refractivity contribution in [3.05, 3.63) is 65.5 Å². The molecule has 0 spiro atoms. The third-order valence-corrected chi connectivity index (χ3v) is 3.59. The molecular weight excluding hydrogens is 262 g/mol. The van der Waals surface area contributed by atoms with Crippen LogP contribution >= 0.6 is 0 Å². The largest absolute Gasteiger partial charge is 0.352 e. The van der Waals surface area contributed by atoms with E-state index in [9.17, 15) is 4.79 Å². The summed E-state index contributed by atoms with van der Waals surface area (Å²) in [5.74, 6) is 0.0251. The van der Waals surface area contributed by atoms with Gasteiger partial charge < -0.3 is 10.3 Å². The highest BCUT2D eigenvalue weighted by Crippen LogP contribution is 2.12. The van der Waals surface area contributed by atoms with Crippen molar-refractivity contribution in [2.24, 2.45) is 0 Å². The molecule has 21 heavy (non-hydrogen) atoms. The Kier molecular flexibility index (Phi) is 3.69. The van der Waals surface area contributed by atoms with E-state index in [1.807, 2.05) is 49.4 Å². The molecule has 0 aliphatic carbocycles. The van der Waals surface area contributed by atoms with E-state index in [1.165, 1.54) is 5.56 Å². The summed E-state index contributed by atoms with van der Waals surface area (Å²) in [4.78, 5) is 19.3. The van der Waals surface area contributed by atoms with E-state index in [1.54, 1.807) is 6.33 Å². The van der Waals surface area contributed by atoms with Gasteiger partial charge in [0.1, 0.15) is 0 Å². The second-order valence-electron chi connectivity index (χ2n) is 5.13. The minimum absolute atomic E-state index is 0.0251. The highest BCUT2D eigenvalue weighted by atomic mass is 16.1. The lowest BCUT2D eigenvalue weighted by molar-refractivity contribution is -0.120. The van der Waals surface area contributed by atoms with Gasteiger partial charge in [0.2, 0.25) is 5.91 Å². The Morgan fingerprint density at radius 1 is 1.24 bits per heavy atom. The molecule has 1 heterocycles. The number of carbonyl (C=O) groups excluding carboxylic acids is 1. The van der Waals surface area contributed by atoms with Crippen LogP contribution in [-0.2, 0) is 17.8 Å². The fraction of sp³-hybridized carbons (Fsp3) is 0.176. The van der Waals surface area contributed by atoms with Gasteiger partial charge in [0.15, 0.2) is 0 Å². The van der Waals surface area contributed by atoms with Crippen molar-refractivity contribution >= 4 is 16.9 Å². The van der Waals surface area contributed by atoms with Crippen molar-refractivity contribution in [3.8, 4) is 0 Å². The monoisotopic (exact) mass is 279 g/mol. The Bertz CT molecular complexity index is 776. The van der Waals surface area contributed by atoms with Gasteiger partial charge in [0, 0.05) is 6.54 Å². The van der Waals surface area contributed by atoms with Crippen LogP contribution < -0.4 is 5.32 Å². The van der Waals surface area contributed by atoms with Crippen molar-refractivity contribution in [1.29, 1.82) is 0 Å². The molecule has 106 valence electrons. The van der Waals surface area contributed by atoms with Gasteiger partial charge in [-0.2, -0.15) is 0 Å². The molecule has 0 saturated heterocycles. The second-order valence-corrected chi connectivity index (χ2v) is 5.13. The number of rotatable bonds is 4. The quantitative estimate of drug-likeness (QED) is 0.771. The molecule has 1 aromatic heterocycles. The first-order valence-corrected chi connectivity index (χ1v) is 6.95. The smallest absolute Gasteiger partial charge is 0.224 e. The Labute approximate surface area is 123 Å². The normalized spacial score (nSPS) is 10.7. The number of carbonyl (C=O) groups is 1. The summed E-state index contributed by atoms with van der Waals surface area (Å²) >= 11 is 0. The number of aromatic amines is 1. The minimum atomic E-state index is 0.0251. The van der Waals surface area contributed by atoms with Gasteiger partial charge in [-0.25, -0.2) is 4.98 Å². The average Bonchev–Trinajstić information content (AvgIpc) is 2.94. The number of aromatic nitrogens is 2. The third kappa shape index (κ3) is 3.11. The van der Waals surface area contributed by atoms with Crippen LogP contribution in [0.4, 0.5) is 0 Å². The summed E-state index contributed by atoms with van der Waals surface area (Å²) in [6.45, 7) is 2.62. The minimum Gasteiger partial charge on any atom is -0.352 e. The van der Waals surface area contributed by atoms with Crippen molar-refractivity contribution in [1.82, 2.24) is 15.3 Å². The Morgan fingerprint density at radius 3 is 2.95 bits per heavy atom. The van der Waals surface area contributed by atoms with Crippen molar-refractivity contribution in [2.45, 2.75) is 19.9 Å². The molecule has 0 aliphatic heterocycles. The number of hydrogen-bond acceptors (Lipinski definition) is 2. The average molecular weight is 279 g/mol. The Morgan fingerprint density at radius 2 is 2.10 bits per heavy atom. The molecule has 0 saturated carbocycles. The highest BCUT2D eigenvalue weighted by Gasteiger charge is 2.06. The van der Waals surface area contributed by atoms with Crippen molar-refractivity contribution in [3.63, 3.8) is 0 Å². The molecule has 3 aromatic rings. The highest BCUT2D eigenvalue weighted by molar-refractivity contribution is 5.81. The maximum absolute atomic E-state index is 12.0. The van der Waals surface area contributed by atoms with E-state index >= 15 is 0 Å². The topological polar surface area (TPSA) is 57.8 Å². The number of fused-ring (bicyclic) bond motifs is 1. The number of nitrogens with one attached hydrogen (secondary N) is 2. The molecular formula is C17H17N3O. The fourth-order valence-corrected chi connectivity index (χ4v) is 2.34. The van der Waals surface area contributed by atoms with E-state index in [4.69, 9.17) is 0 Å². The van der Waals surface area contributed by atoms with Gasteiger partial charge in [-0.3, -0.25) is 4.79 Å². The number of aryl methyl sites for hydroxylation is 1. The zero-order valence-electron chi connectivity index (χ0n) is 11.9. The number of H-pyrrole nitrogens is 1. The van der Waals surface area contributed by atoms with Crippen LogP contribution in [0.5, 0.6) is 0 Å². The molecule has 2 aromatic carbocycles. The molecule has 0 atom stereocenters. The predicted octanol–water partition coefficient (Wildman–Crippen LogP) is 2.73. The molecule has 0 bridgehead atoms. The van der Waals surface area contributed by atoms with Crippen molar-refractivity contribution in [2.75, 3.05) is 0 Å². The van der Waals surface area contributed by atoms with Crippen LogP contribution in [0, 0.1) is 6.92 Å².